The van der Waals surface area contributed by atoms with Crippen molar-refractivity contribution in [3.05, 3.63) is 29.8 Å². The molecule has 16 heavy (non-hydrogen) atoms. The monoisotopic (exact) mass is 241 g/mol. The van der Waals surface area contributed by atoms with Crippen molar-refractivity contribution < 1.29 is 8.42 Å². The molecule has 1 rings (SSSR count). The van der Waals surface area contributed by atoms with Crippen LogP contribution in [0.4, 0.5) is 0 Å². The van der Waals surface area contributed by atoms with Gasteiger partial charge in [-0.1, -0.05) is 32.9 Å². The van der Waals surface area contributed by atoms with Crippen molar-refractivity contribution >= 4 is 9.84 Å². The van der Waals surface area contributed by atoms with Gasteiger partial charge in [0.2, 0.25) is 0 Å². The third-order valence-corrected chi connectivity index (χ3v) is 4.60. The minimum Gasteiger partial charge on any atom is -0.330 e. The van der Waals surface area contributed by atoms with Crippen molar-refractivity contribution in [2.24, 2.45) is 5.73 Å². The molecule has 0 spiro atoms. The molecule has 1 aromatic carbocycles. The molecule has 0 amide bonds. The van der Waals surface area contributed by atoms with Crippen molar-refractivity contribution in [1.82, 2.24) is 0 Å². The summed E-state index contributed by atoms with van der Waals surface area (Å²) in [5, 5.41) is 0. The molecule has 0 aliphatic rings. The van der Waals surface area contributed by atoms with Gasteiger partial charge in [0.15, 0.2) is 9.84 Å². The van der Waals surface area contributed by atoms with Gasteiger partial charge in [-0.3, -0.25) is 0 Å². The highest BCUT2D eigenvalue weighted by Crippen LogP contribution is 2.24. The highest BCUT2D eigenvalue weighted by molar-refractivity contribution is 7.91. The second-order valence-corrected chi connectivity index (χ2v) is 6.80. The van der Waals surface area contributed by atoms with Gasteiger partial charge in [-0.2, -0.15) is 0 Å². The maximum Gasteiger partial charge on any atom is 0.178 e. The minimum absolute atomic E-state index is 0.125. The zero-order valence-electron chi connectivity index (χ0n) is 10.0. The Morgan fingerprint density at radius 1 is 1.31 bits per heavy atom. The van der Waals surface area contributed by atoms with Crippen molar-refractivity contribution in [1.29, 1.82) is 0 Å². The number of hydrogen-bond acceptors (Lipinski definition) is 3. The van der Waals surface area contributed by atoms with E-state index in [1.54, 1.807) is 25.1 Å². The minimum atomic E-state index is -3.13. The Balaban J connectivity index is 3.25. The Morgan fingerprint density at radius 2 is 1.94 bits per heavy atom. The number of hydrogen-bond donors (Lipinski definition) is 1. The summed E-state index contributed by atoms with van der Waals surface area (Å²) in [5.74, 6) is 0.125. The Kier molecular flexibility index (Phi) is 3.76. The van der Waals surface area contributed by atoms with E-state index in [4.69, 9.17) is 5.73 Å². The van der Waals surface area contributed by atoms with E-state index < -0.39 is 9.84 Å². The lowest BCUT2D eigenvalue weighted by Gasteiger charge is -2.23. The van der Waals surface area contributed by atoms with Crippen molar-refractivity contribution in [3.8, 4) is 0 Å². The molecule has 0 heterocycles. The van der Waals surface area contributed by atoms with E-state index in [2.05, 4.69) is 0 Å². The first-order chi connectivity index (χ1) is 7.33. The standard InChI is InChI=1S/C12H19NO2S/c1-4-16(14,15)11-7-5-6-10(8-11)12(2,3)9-13/h5-8H,4,9,13H2,1-3H3. The molecule has 2 N–H and O–H groups in total. The van der Waals surface area contributed by atoms with E-state index in [0.717, 1.165) is 5.56 Å². The normalized spacial score (nSPS) is 12.8. The van der Waals surface area contributed by atoms with E-state index in [1.807, 2.05) is 19.9 Å². The molecular formula is C12H19NO2S. The Hall–Kier alpha value is -0.870. The average molecular weight is 241 g/mol. The molecule has 0 fully saturated rings. The second kappa shape index (κ2) is 4.55. The molecule has 0 radical (unpaired) electrons. The lowest BCUT2D eigenvalue weighted by molar-refractivity contribution is 0.537. The quantitative estimate of drug-likeness (QED) is 0.873. The van der Waals surface area contributed by atoms with Gasteiger partial charge in [-0.25, -0.2) is 8.42 Å². The number of nitrogens with two attached hydrogens (primary N) is 1. The Morgan fingerprint density at radius 3 is 2.44 bits per heavy atom. The smallest absolute Gasteiger partial charge is 0.178 e. The molecule has 4 heteroatoms. The first-order valence-electron chi connectivity index (χ1n) is 5.37. The van der Waals surface area contributed by atoms with Crippen molar-refractivity contribution in [2.45, 2.75) is 31.1 Å². The molecular weight excluding hydrogens is 222 g/mol. The summed E-state index contributed by atoms with van der Waals surface area (Å²) >= 11 is 0. The van der Waals surface area contributed by atoms with Crippen LogP contribution in [-0.2, 0) is 15.3 Å². The summed E-state index contributed by atoms with van der Waals surface area (Å²) in [6, 6.07) is 7.05. The molecule has 0 aliphatic carbocycles. The molecule has 0 unspecified atom stereocenters. The van der Waals surface area contributed by atoms with Gasteiger partial charge in [0.05, 0.1) is 10.6 Å². The maximum atomic E-state index is 11.7. The molecule has 1 aromatic rings. The molecule has 0 aliphatic heterocycles. The average Bonchev–Trinajstić information content (AvgIpc) is 2.29. The summed E-state index contributed by atoms with van der Waals surface area (Å²) in [6.07, 6.45) is 0. The zero-order chi connectivity index (χ0) is 12.4. The fraction of sp³-hybridized carbons (Fsp3) is 0.500. The van der Waals surface area contributed by atoms with E-state index in [1.165, 1.54) is 0 Å². The van der Waals surface area contributed by atoms with E-state index in [-0.39, 0.29) is 11.2 Å². The SMILES string of the molecule is CCS(=O)(=O)c1cccc(C(C)(C)CN)c1. The van der Waals surface area contributed by atoms with Crippen LogP contribution in [0, 0.1) is 0 Å². The van der Waals surface area contributed by atoms with Crippen LogP contribution in [0.3, 0.4) is 0 Å². The van der Waals surface area contributed by atoms with Gasteiger partial charge < -0.3 is 5.73 Å². The van der Waals surface area contributed by atoms with Gasteiger partial charge in [-0.15, -0.1) is 0 Å². The van der Waals surface area contributed by atoms with Crippen LogP contribution in [0.1, 0.15) is 26.3 Å². The fourth-order valence-electron chi connectivity index (χ4n) is 1.40. The summed E-state index contributed by atoms with van der Waals surface area (Å²) < 4.78 is 23.5. The molecule has 0 aromatic heterocycles. The highest BCUT2D eigenvalue weighted by atomic mass is 32.2. The van der Waals surface area contributed by atoms with Gasteiger partial charge in [0, 0.05) is 12.0 Å². The molecule has 0 saturated carbocycles. The van der Waals surface area contributed by atoms with Crippen LogP contribution in [-0.4, -0.2) is 20.7 Å². The van der Waals surface area contributed by atoms with Crippen LogP contribution in [0.25, 0.3) is 0 Å². The van der Waals surface area contributed by atoms with E-state index >= 15 is 0 Å². The van der Waals surface area contributed by atoms with Crippen molar-refractivity contribution in [3.63, 3.8) is 0 Å². The van der Waals surface area contributed by atoms with Gasteiger partial charge in [0.1, 0.15) is 0 Å². The predicted octanol–water partition coefficient (Wildman–Crippen LogP) is 1.72. The predicted molar refractivity (Wildman–Crippen MR) is 66.2 cm³/mol. The van der Waals surface area contributed by atoms with E-state index in [0.29, 0.717) is 11.4 Å². The third kappa shape index (κ3) is 2.62. The van der Waals surface area contributed by atoms with Gasteiger partial charge >= 0.3 is 0 Å². The summed E-state index contributed by atoms with van der Waals surface area (Å²) in [5.41, 5.74) is 6.45. The Labute approximate surface area is 97.6 Å². The number of benzene rings is 1. The largest absolute Gasteiger partial charge is 0.330 e. The molecule has 0 atom stereocenters. The van der Waals surface area contributed by atoms with Gasteiger partial charge in [0.25, 0.3) is 0 Å². The third-order valence-electron chi connectivity index (χ3n) is 2.86. The first kappa shape index (κ1) is 13.2. The maximum absolute atomic E-state index is 11.7. The van der Waals surface area contributed by atoms with Crippen LogP contribution in [0.15, 0.2) is 29.2 Å². The molecule has 90 valence electrons. The summed E-state index contributed by atoms with van der Waals surface area (Å²) in [7, 11) is -3.13. The second-order valence-electron chi connectivity index (χ2n) is 4.52. The molecule has 3 nitrogen and oxygen atoms in total. The van der Waals surface area contributed by atoms with Gasteiger partial charge in [-0.05, 0) is 17.7 Å². The van der Waals surface area contributed by atoms with Crippen LogP contribution in [0.5, 0.6) is 0 Å². The topological polar surface area (TPSA) is 60.2 Å². The number of rotatable bonds is 4. The Bertz CT molecular complexity index is 464. The lowest BCUT2D eigenvalue weighted by atomic mass is 9.85. The van der Waals surface area contributed by atoms with Crippen LogP contribution < -0.4 is 5.73 Å². The molecule has 0 saturated heterocycles. The number of sulfone groups is 1. The molecule has 0 bridgehead atoms. The van der Waals surface area contributed by atoms with Crippen LogP contribution in [0.2, 0.25) is 0 Å². The summed E-state index contributed by atoms with van der Waals surface area (Å²) in [6.45, 7) is 6.15. The lowest BCUT2D eigenvalue weighted by Crippen LogP contribution is -2.28. The zero-order valence-corrected chi connectivity index (χ0v) is 10.8. The first-order valence-corrected chi connectivity index (χ1v) is 7.02. The van der Waals surface area contributed by atoms with Crippen molar-refractivity contribution in [2.75, 3.05) is 12.3 Å². The fourth-order valence-corrected chi connectivity index (χ4v) is 2.32. The van der Waals surface area contributed by atoms with Crippen LogP contribution >= 0.6 is 0 Å². The van der Waals surface area contributed by atoms with E-state index in [9.17, 15) is 8.42 Å². The highest BCUT2D eigenvalue weighted by Gasteiger charge is 2.20. The summed E-state index contributed by atoms with van der Waals surface area (Å²) in [4.78, 5) is 0.383.